The molecular weight excluding hydrogens is 434 g/mol. The number of carbonyl (C=O) groups excluding carboxylic acids is 2. The Hall–Kier alpha value is -4.26. The molecular formula is C27H23NO6. The lowest BCUT2D eigenvalue weighted by atomic mass is 9.95. The highest BCUT2D eigenvalue weighted by Crippen LogP contribution is 2.43. The van der Waals surface area contributed by atoms with Crippen molar-refractivity contribution in [3.8, 4) is 17.2 Å². The largest absolute Gasteiger partial charge is 0.507 e. The maximum Gasteiger partial charge on any atom is 0.300 e. The number of aliphatic hydroxyl groups excluding tert-OH is 1. The molecule has 0 aromatic heterocycles. The number of methoxy groups -OCH3 is 1. The van der Waals surface area contributed by atoms with Gasteiger partial charge in [-0.2, -0.15) is 0 Å². The molecule has 7 nitrogen and oxygen atoms in total. The molecule has 172 valence electrons. The first-order valence-corrected chi connectivity index (χ1v) is 10.9. The molecule has 0 radical (unpaired) electrons. The number of rotatable bonds is 4. The van der Waals surface area contributed by atoms with Crippen molar-refractivity contribution in [1.29, 1.82) is 0 Å². The fourth-order valence-electron chi connectivity index (χ4n) is 4.32. The first kappa shape index (κ1) is 21.6. The van der Waals surface area contributed by atoms with Gasteiger partial charge in [0.15, 0.2) is 11.5 Å². The molecule has 0 aliphatic carbocycles. The summed E-state index contributed by atoms with van der Waals surface area (Å²) in [6, 6.07) is 18.6. The van der Waals surface area contributed by atoms with Crippen LogP contribution in [0, 0.1) is 6.92 Å². The fraction of sp³-hybridized carbons (Fsp3) is 0.185. The number of anilines is 1. The highest BCUT2D eigenvalue weighted by molar-refractivity contribution is 6.51. The van der Waals surface area contributed by atoms with Gasteiger partial charge in [-0.25, -0.2) is 0 Å². The van der Waals surface area contributed by atoms with Gasteiger partial charge < -0.3 is 19.3 Å². The van der Waals surface area contributed by atoms with Gasteiger partial charge in [0.1, 0.15) is 24.7 Å². The number of benzene rings is 3. The van der Waals surface area contributed by atoms with Crippen molar-refractivity contribution >= 4 is 23.1 Å². The van der Waals surface area contributed by atoms with Crippen molar-refractivity contribution in [1.82, 2.24) is 0 Å². The molecule has 1 saturated heterocycles. The van der Waals surface area contributed by atoms with E-state index in [0.29, 0.717) is 47.3 Å². The molecule has 1 unspecified atom stereocenters. The lowest BCUT2D eigenvalue weighted by molar-refractivity contribution is -0.132. The van der Waals surface area contributed by atoms with E-state index in [0.717, 1.165) is 5.56 Å². The molecule has 1 amide bonds. The average Bonchev–Trinajstić information content (AvgIpc) is 3.13. The molecule has 2 heterocycles. The van der Waals surface area contributed by atoms with Crippen LogP contribution in [0.15, 0.2) is 72.3 Å². The normalized spacial score (nSPS) is 18.8. The SMILES string of the molecule is COc1ccc(C2/C(=C(/O)c3ccc4c(c3)OCCO4)C(=O)C(=O)N2c2cccc(C)c2)cc1. The Morgan fingerprint density at radius 1 is 0.971 bits per heavy atom. The Balaban J connectivity index is 1.69. The van der Waals surface area contributed by atoms with Crippen LogP contribution in [-0.2, 0) is 9.59 Å². The van der Waals surface area contributed by atoms with Crippen molar-refractivity contribution in [3.63, 3.8) is 0 Å². The Morgan fingerprint density at radius 2 is 1.71 bits per heavy atom. The van der Waals surface area contributed by atoms with E-state index in [9.17, 15) is 14.7 Å². The standard InChI is InChI=1S/C27H23NO6/c1-16-4-3-5-19(14-16)28-24(17-6-9-20(32-2)10-7-17)23(26(30)27(28)31)25(29)18-8-11-21-22(15-18)34-13-12-33-21/h3-11,14-15,24,29H,12-13H2,1-2H3/b25-23-. The van der Waals surface area contributed by atoms with Crippen LogP contribution >= 0.6 is 0 Å². The van der Waals surface area contributed by atoms with Crippen LogP contribution in [0.1, 0.15) is 22.7 Å². The zero-order chi connectivity index (χ0) is 23.8. The summed E-state index contributed by atoms with van der Waals surface area (Å²) >= 11 is 0. The van der Waals surface area contributed by atoms with Gasteiger partial charge in [-0.3, -0.25) is 14.5 Å². The van der Waals surface area contributed by atoms with Gasteiger partial charge in [-0.1, -0.05) is 24.3 Å². The Kier molecular flexibility index (Phi) is 5.45. The number of hydrogen-bond donors (Lipinski definition) is 1. The first-order chi connectivity index (χ1) is 16.5. The number of carbonyl (C=O) groups is 2. The lowest BCUT2D eigenvalue weighted by Gasteiger charge is -2.26. The summed E-state index contributed by atoms with van der Waals surface area (Å²) in [5.74, 6) is -0.0476. The molecule has 1 N–H and O–H groups in total. The van der Waals surface area contributed by atoms with E-state index in [2.05, 4.69) is 0 Å². The number of ketones is 1. The van der Waals surface area contributed by atoms with Crippen LogP contribution in [0.3, 0.4) is 0 Å². The summed E-state index contributed by atoms with van der Waals surface area (Å²) in [4.78, 5) is 28.0. The van der Waals surface area contributed by atoms with Crippen molar-refractivity contribution in [3.05, 3.63) is 89.0 Å². The highest BCUT2D eigenvalue weighted by atomic mass is 16.6. The minimum atomic E-state index is -0.819. The average molecular weight is 457 g/mol. The summed E-state index contributed by atoms with van der Waals surface area (Å²) < 4.78 is 16.5. The summed E-state index contributed by atoms with van der Waals surface area (Å²) in [7, 11) is 1.57. The third kappa shape index (κ3) is 3.65. The Bertz CT molecular complexity index is 1310. The minimum Gasteiger partial charge on any atom is -0.507 e. The van der Waals surface area contributed by atoms with Crippen molar-refractivity contribution in [2.75, 3.05) is 25.2 Å². The molecule has 7 heteroatoms. The quantitative estimate of drug-likeness (QED) is 0.355. The molecule has 0 bridgehead atoms. The molecule has 3 aromatic rings. The predicted octanol–water partition coefficient (Wildman–Crippen LogP) is 4.40. The van der Waals surface area contributed by atoms with Gasteiger partial charge in [-0.05, 0) is 60.5 Å². The lowest BCUT2D eigenvalue weighted by Crippen LogP contribution is -2.29. The van der Waals surface area contributed by atoms with E-state index < -0.39 is 17.7 Å². The Morgan fingerprint density at radius 3 is 2.41 bits per heavy atom. The third-order valence-electron chi connectivity index (χ3n) is 5.97. The van der Waals surface area contributed by atoms with Crippen LogP contribution in [0.2, 0.25) is 0 Å². The van der Waals surface area contributed by atoms with E-state index in [1.165, 1.54) is 4.90 Å². The summed E-state index contributed by atoms with van der Waals surface area (Å²) in [6.07, 6.45) is 0. The molecule has 5 rings (SSSR count). The zero-order valence-corrected chi connectivity index (χ0v) is 18.8. The molecule has 2 aliphatic heterocycles. The summed E-state index contributed by atoms with van der Waals surface area (Å²) in [6.45, 7) is 2.75. The molecule has 3 aromatic carbocycles. The maximum absolute atomic E-state index is 13.3. The highest BCUT2D eigenvalue weighted by Gasteiger charge is 2.47. The van der Waals surface area contributed by atoms with Gasteiger partial charge in [0, 0.05) is 11.3 Å². The van der Waals surface area contributed by atoms with E-state index in [1.807, 2.05) is 25.1 Å². The number of hydrogen-bond acceptors (Lipinski definition) is 6. The van der Waals surface area contributed by atoms with E-state index >= 15 is 0 Å². The van der Waals surface area contributed by atoms with Gasteiger partial charge in [-0.15, -0.1) is 0 Å². The van der Waals surface area contributed by atoms with Gasteiger partial charge in [0.2, 0.25) is 0 Å². The molecule has 0 saturated carbocycles. The second kappa shape index (κ2) is 8.59. The summed E-state index contributed by atoms with van der Waals surface area (Å²) in [5.41, 5.74) is 2.56. The van der Waals surface area contributed by atoms with Crippen LogP contribution in [-0.4, -0.2) is 37.1 Å². The number of Topliss-reactive ketones (excluding diaryl/α,β-unsaturated/α-hetero) is 1. The van der Waals surface area contributed by atoms with Crippen molar-refractivity contribution in [2.24, 2.45) is 0 Å². The topological polar surface area (TPSA) is 85.3 Å². The molecule has 1 fully saturated rings. The van der Waals surface area contributed by atoms with Crippen molar-refractivity contribution in [2.45, 2.75) is 13.0 Å². The molecule has 34 heavy (non-hydrogen) atoms. The first-order valence-electron chi connectivity index (χ1n) is 10.9. The molecule has 0 spiro atoms. The number of aryl methyl sites for hydroxylation is 1. The number of amides is 1. The second-order valence-electron chi connectivity index (χ2n) is 8.14. The molecule has 1 atom stereocenters. The second-order valence-corrected chi connectivity index (χ2v) is 8.14. The molecule has 2 aliphatic rings. The van der Waals surface area contributed by atoms with E-state index in [4.69, 9.17) is 14.2 Å². The van der Waals surface area contributed by atoms with Crippen molar-refractivity contribution < 1.29 is 28.9 Å². The fourth-order valence-corrected chi connectivity index (χ4v) is 4.32. The maximum atomic E-state index is 13.3. The number of fused-ring (bicyclic) bond motifs is 1. The summed E-state index contributed by atoms with van der Waals surface area (Å²) in [5, 5.41) is 11.3. The third-order valence-corrected chi connectivity index (χ3v) is 5.97. The number of aliphatic hydroxyl groups is 1. The van der Waals surface area contributed by atoms with Crippen LogP contribution in [0.25, 0.3) is 5.76 Å². The van der Waals surface area contributed by atoms with Gasteiger partial charge in [0.05, 0.1) is 18.7 Å². The zero-order valence-electron chi connectivity index (χ0n) is 18.8. The van der Waals surface area contributed by atoms with Crippen LogP contribution in [0.5, 0.6) is 17.2 Å². The van der Waals surface area contributed by atoms with E-state index in [1.54, 1.807) is 55.6 Å². The van der Waals surface area contributed by atoms with E-state index in [-0.39, 0.29) is 11.3 Å². The Labute approximate surface area is 196 Å². The number of ether oxygens (including phenoxy) is 3. The van der Waals surface area contributed by atoms with Crippen LogP contribution < -0.4 is 19.1 Å². The minimum absolute atomic E-state index is 0.00773. The predicted molar refractivity (Wildman–Crippen MR) is 126 cm³/mol. The number of nitrogens with zero attached hydrogens (tertiary/aromatic N) is 1. The van der Waals surface area contributed by atoms with Gasteiger partial charge in [0.25, 0.3) is 11.7 Å². The van der Waals surface area contributed by atoms with Gasteiger partial charge >= 0.3 is 0 Å². The smallest absolute Gasteiger partial charge is 0.300 e. The van der Waals surface area contributed by atoms with Crippen LogP contribution in [0.4, 0.5) is 5.69 Å². The monoisotopic (exact) mass is 457 g/mol.